The highest BCUT2D eigenvalue weighted by Crippen LogP contribution is 2.41. The fourth-order valence-corrected chi connectivity index (χ4v) is 7.26. The van der Waals surface area contributed by atoms with Crippen molar-refractivity contribution in [1.29, 1.82) is 0 Å². The van der Waals surface area contributed by atoms with Gasteiger partial charge in [-0.05, 0) is 108 Å². The fraction of sp³-hybridized carbons (Fsp3) is 0.264. The number of hydrogen-bond donors (Lipinski definition) is 3. The van der Waals surface area contributed by atoms with Gasteiger partial charge in [0.1, 0.15) is 75.2 Å². The second-order valence-corrected chi connectivity index (χ2v) is 16.5. The normalized spacial score (nSPS) is 13.6. The first kappa shape index (κ1) is 48.3. The van der Waals surface area contributed by atoms with Gasteiger partial charge in [-0.25, -0.2) is 14.4 Å². The van der Waals surface area contributed by atoms with Crippen LogP contribution in [0.25, 0.3) is 0 Å². The molecule has 0 spiro atoms. The highest BCUT2D eigenvalue weighted by molar-refractivity contribution is 5.87. The Balaban J connectivity index is 1.02. The maximum atomic E-state index is 12.1. The third kappa shape index (κ3) is 12.2. The Kier molecular flexibility index (Phi) is 15.8. The second-order valence-electron chi connectivity index (χ2n) is 16.5. The molecule has 3 heterocycles. The van der Waals surface area contributed by atoms with E-state index in [1.807, 2.05) is 72.8 Å². The summed E-state index contributed by atoms with van der Waals surface area (Å²) in [4.78, 5) is 36.3. The molecule has 0 fully saturated rings. The second kappa shape index (κ2) is 22.3. The molecular weight excluding hydrogens is 877 g/mol. The first-order valence-electron chi connectivity index (χ1n) is 21.8. The van der Waals surface area contributed by atoms with Crippen molar-refractivity contribution in [2.45, 2.75) is 49.9 Å². The number of benzene rings is 4. The van der Waals surface area contributed by atoms with Gasteiger partial charge in [-0.3, -0.25) is 0 Å². The number of carbonyl (C=O) groups excluding carboxylic acids is 3. The Bertz CT molecular complexity index is 2530. The summed E-state index contributed by atoms with van der Waals surface area (Å²) >= 11 is 0. The molecule has 0 aliphatic heterocycles. The maximum absolute atomic E-state index is 12.1. The van der Waals surface area contributed by atoms with E-state index in [-0.39, 0.29) is 56.9 Å². The van der Waals surface area contributed by atoms with E-state index < -0.39 is 47.0 Å². The molecule has 0 saturated heterocycles. The zero-order valence-electron chi connectivity index (χ0n) is 37.6. The van der Waals surface area contributed by atoms with E-state index in [4.69, 9.17) is 41.7 Å². The summed E-state index contributed by atoms with van der Waals surface area (Å²) < 4.78 is 48.0. The Hall–Kier alpha value is -7.59. The lowest BCUT2D eigenvalue weighted by molar-refractivity contribution is 0.0103. The molecule has 3 aromatic heterocycles. The first-order valence-corrected chi connectivity index (χ1v) is 21.8. The van der Waals surface area contributed by atoms with E-state index in [0.717, 1.165) is 27.8 Å². The number of aliphatic hydroxyl groups excluding tert-OH is 3. The molecule has 0 amide bonds. The Morgan fingerprint density at radius 1 is 0.412 bits per heavy atom. The van der Waals surface area contributed by atoms with Gasteiger partial charge in [-0.15, -0.1) is 0 Å². The summed E-state index contributed by atoms with van der Waals surface area (Å²) in [6.45, 7) is 5.26. The molecular formula is C53H52O15. The van der Waals surface area contributed by atoms with E-state index >= 15 is 0 Å². The number of aliphatic hydroxyl groups is 3. The van der Waals surface area contributed by atoms with E-state index in [1.54, 1.807) is 18.2 Å². The first-order chi connectivity index (χ1) is 32.8. The molecule has 15 heteroatoms. The summed E-state index contributed by atoms with van der Waals surface area (Å²) in [5.74, 6) is -0.363. The molecule has 0 bridgehead atoms. The van der Waals surface area contributed by atoms with Crippen LogP contribution in [0.15, 0.2) is 166 Å². The minimum atomic E-state index is -1.08. The highest BCUT2D eigenvalue weighted by atomic mass is 16.6. The minimum Gasteiger partial charge on any atom is -0.491 e. The van der Waals surface area contributed by atoms with Crippen molar-refractivity contribution in [2.75, 3.05) is 39.6 Å². The average Bonchev–Trinajstić information content (AvgIpc) is 4.21. The molecule has 7 aromatic rings. The monoisotopic (exact) mass is 928 g/mol. The maximum Gasteiger partial charge on any atom is 0.374 e. The number of hydrogen-bond acceptors (Lipinski definition) is 15. The fourth-order valence-electron chi connectivity index (χ4n) is 7.26. The largest absolute Gasteiger partial charge is 0.491 e. The summed E-state index contributed by atoms with van der Waals surface area (Å²) in [5.41, 5.74) is 3.81. The van der Waals surface area contributed by atoms with Crippen LogP contribution < -0.4 is 14.2 Å². The Labute approximate surface area is 392 Å². The van der Waals surface area contributed by atoms with Crippen molar-refractivity contribution in [3.05, 3.63) is 197 Å². The van der Waals surface area contributed by atoms with E-state index in [2.05, 4.69) is 45.0 Å². The van der Waals surface area contributed by atoms with Crippen LogP contribution >= 0.6 is 0 Å². The van der Waals surface area contributed by atoms with Crippen LogP contribution in [0.1, 0.15) is 80.3 Å². The van der Waals surface area contributed by atoms with Crippen LogP contribution in [0.5, 0.6) is 17.2 Å². The van der Waals surface area contributed by atoms with Gasteiger partial charge >= 0.3 is 17.9 Å². The van der Waals surface area contributed by atoms with Crippen LogP contribution in [-0.4, -0.2) is 91.2 Å². The SMILES string of the molecule is CC(C)(c1ccc(OCC(O)COC(=O)c2ccco2)cc1)c1ccc(C(C)(c2ccc(OCC(O)COC(=O)c3ccco3)cc2)c2ccc(OCC(O)COC(=O)c3ccco3)cc2)cc1. The van der Waals surface area contributed by atoms with Gasteiger partial charge in [0.25, 0.3) is 0 Å². The molecule has 354 valence electrons. The van der Waals surface area contributed by atoms with Crippen LogP contribution in [-0.2, 0) is 25.0 Å². The van der Waals surface area contributed by atoms with Gasteiger partial charge in [0.15, 0.2) is 0 Å². The number of carbonyl (C=O) groups is 3. The Morgan fingerprint density at radius 2 is 0.676 bits per heavy atom. The lowest BCUT2D eigenvalue weighted by atomic mass is 9.70. The van der Waals surface area contributed by atoms with Crippen molar-refractivity contribution < 1.29 is 71.4 Å². The third-order valence-corrected chi connectivity index (χ3v) is 11.3. The lowest BCUT2D eigenvalue weighted by Crippen LogP contribution is -2.27. The average molecular weight is 929 g/mol. The summed E-state index contributed by atoms with van der Waals surface area (Å²) in [6, 6.07) is 40.3. The molecule has 0 aliphatic rings. The van der Waals surface area contributed by atoms with Crippen LogP contribution in [0.4, 0.5) is 0 Å². The van der Waals surface area contributed by atoms with Gasteiger partial charge in [0, 0.05) is 10.8 Å². The smallest absolute Gasteiger partial charge is 0.374 e. The third-order valence-electron chi connectivity index (χ3n) is 11.3. The van der Waals surface area contributed by atoms with Gasteiger partial charge in [0.05, 0.1) is 18.8 Å². The molecule has 4 aromatic carbocycles. The minimum absolute atomic E-state index is 0.0376. The van der Waals surface area contributed by atoms with Crippen molar-refractivity contribution in [3.63, 3.8) is 0 Å². The van der Waals surface area contributed by atoms with Crippen molar-refractivity contribution in [2.24, 2.45) is 0 Å². The van der Waals surface area contributed by atoms with Crippen molar-refractivity contribution >= 4 is 17.9 Å². The predicted octanol–water partition coefficient (Wildman–Crippen LogP) is 7.94. The number of furan rings is 3. The molecule has 15 nitrogen and oxygen atoms in total. The van der Waals surface area contributed by atoms with Crippen molar-refractivity contribution in [1.82, 2.24) is 0 Å². The van der Waals surface area contributed by atoms with E-state index in [0.29, 0.717) is 17.2 Å². The topological polar surface area (TPSA) is 207 Å². The number of ether oxygens (including phenoxy) is 6. The number of esters is 3. The number of rotatable bonds is 23. The molecule has 0 radical (unpaired) electrons. The zero-order valence-corrected chi connectivity index (χ0v) is 37.6. The molecule has 3 unspecified atom stereocenters. The summed E-state index contributed by atoms with van der Waals surface area (Å²) in [7, 11) is 0. The van der Waals surface area contributed by atoms with Crippen LogP contribution in [0, 0.1) is 0 Å². The van der Waals surface area contributed by atoms with Crippen LogP contribution in [0.3, 0.4) is 0 Å². The summed E-state index contributed by atoms with van der Waals surface area (Å²) in [6.07, 6.45) is 0.888. The molecule has 3 N–H and O–H groups in total. The lowest BCUT2D eigenvalue weighted by Gasteiger charge is -2.33. The molecule has 7 rings (SSSR count). The van der Waals surface area contributed by atoms with E-state index in [9.17, 15) is 29.7 Å². The van der Waals surface area contributed by atoms with Gasteiger partial charge < -0.3 is 57.0 Å². The van der Waals surface area contributed by atoms with Gasteiger partial charge in [-0.1, -0.05) is 74.5 Å². The van der Waals surface area contributed by atoms with Crippen LogP contribution in [0.2, 0.25) is 0 Å². The van der Waals surface area contributed by atoms with E-state index in [1.165, 1.54) is 37.0 Å². The Morgan fingerprint density at radius 3 is 0.956 bits per heavy atom. The summed E-state index contributed by atoms with van der Waals surface area (Å²) in [5, 5.41) is 31.3. The standard InChI is InChI=1S/C53H52O15/c1-52(2,36-14-20-43(21-15-36)63-29-40(54)32-66-49(57)46-7-4-26-60-46)35-10-12-37(13-11-35)53(3,38-16-22-44(23-17-38)64-30-41(55)33-67-50(58)47-8-5-27-61-47)39-18-24-45(25-19-39)65-31-42(56)34-68-51(59)48-9-6-28-62-48/h4-28,40-42,54-56H,29-34H2,1-3H3. The predicted molar refractivity (Wildman–Crippen MR) is 245 cm³/mol. The molecule has 68 heavy (non-hydrogen) atoms. The highest BCUT2D eigenvalue weighted by Gasteiger charge is 2.33. The quantitative estimate of drug-likeness (QED) is 0.0316. The molecule has 3 atom stereocenters. The zero-order chi connectivity index (χ0) is 48.1. The van der Waals surface area contributed by atoms with Gasteiger partial charge in [-0.2, -0.15) is 0 Å². The molecule has 0 saturated carbocycles. The van der Waals surface area contributed by atoms with Crippen molar-refractivity contribution in [3.8, 4) is 17.2 Å². The van der Waals surface area contributed by atoms with Gasteiger partial charge in [0.2, 0.25) is 17.3 Å². The molecule has 0 aliphatic carbocycles.